The number of anilines is 2. The van der Waals surface area contributed by atoms with Crippen molar-refractivity contribution >= 4 is 45.8 Å². The van der Waals surface area contributed by atoms with E-state index in [4.69, 9.17) is 16.0 Å². The molecule has 0 aliphatic heterocycles. The van der Waals surface area contributed by atoms with Crippen LogP contribution in [0.4, 0.5) is 20.2 Å². The van der Waals surface area contributed by atoms with Crippen LogP contribution in [0.2, 0.25) is 0 Å². The summed E-state index contributed by atoms with van der Waals surface area (Å²) in [6, 6.07) is 9.66. The molecule has 0 saturated carbocycles. The van der Waals surface area contributed by atoms with Crippen LogP contribution in [-0.4, -0.2) is 17.2 Å². The quantitative estimate of drug-likeness (QED) is 0.655. The van der Waals surface area contributed by atoms with Gasteiger partial charge in [0.1, 0.15) is 16.6 Å². The molecule has 2 N–H and O–H groups in total. The number of furan rings is 1. The van der Waals surface area contributed by atoms with E-state index in [1.165, 1.54) is 13.0 Å². The standard InChI is InChI=1S/C18H13ClF2N2O3/c1-9(19)17(24)23-15-11-4-2-3-5-14(11)26-16(15)18(25)22-10-6-7-12(20)13(21)8-10/h2-9H,1H3,(H,22,25)(H,23,24)/t9-/m1/s1. The highest BCUT2D eigenvalue weighted by Gasteiger charge is 2.23. The third-order valence-electron chi connectivity index (χ3n) is 3.59. The van der Waals surface area contributed by atoms with Gasteiger partial charge in [0.15, 0.2) is 11.6 Å². The van der Waals surface area contributed by atoms with Crippen LogP contribution in [0.25, 0.3) is 11.0 Å². The second-order valence-electron chi connectivity index (χ2n) is 5.49. The minimum Gasteiger partial charge on any atom is -0.449 e. The van der Waals surface area contributed by atoms with Crippen molar-refractivity contribution in [2.75, 3.05) is 10.6 Å². The summed E-state index contributed by atoms with van der Waals surface area (Å²) in [6.45, 7) is 1.49. The second kappa shape index (κ2) is 7.13. The maximum absolute atomic E-state index is 13.3. The fourth-order valence-electron chi connectivity index (χ4n) is 2.31. The molecule has 2 aromatic carbocycles. The van der Waals surface area contributed by atoms with Gasteiger partial charge in [0.05, 0.1) is 0 Å². The van der Waals surface area contributed by atoms with Crippen LogP contribution < -0.4 is 10.6 Å². The minimum absolute atomic E-state index is 0.0392. The van der Waals surface area contributed by atoms with Crippen molar-refractivity contribution in [3.63, 3.8) is 0 Å². The molecule has 1 aromatic heterocycles. The van der Waals surface area contributed by atoms with Gasteiger partial charge in [-0.1, -0.05) is 12.1 Å². The first-order chi connectivity index (χ1) is 12.4. The van der Waals surface area contributed by atoms with Gasteiger partial charge < -0.3 is 15.1 Å². The van der Waals surface area contributed by atoms with Gasteiger partial charge in [-0.05, 0) is 31.2 Å². The summed E-state index contributed by atoms with van der Waals surface area (Å²) >= 11 is 5.77. The molecule has 8 heteroatoms. The van der Waals surface area contributed by atoms with Crippen molar-refractivity contribution in [3.8, 4) is 0 Å². The van der Waals surface area contributed by atoms with Crippen molar-refractivity contribution in [2.45, 2.75) is 12.3 Å². The molecule has 0 spiro atoms. The Labute approximate surface area is 151 Å². The highest BCUT2D eigenvalue weighted by molar-refractivity contribution is 6.33. The fraction of sp³-hybridized carbons (Fsp3) is 0.111. The number of alkyl halides is 1. The summed E-state index contributed by atoms with van der Waals surface area (Å²) in [7, 11) is 0. The van der Waals surface area contributed by atoms with Crippen molar-refractivity contribution in [3.05, 3.63) is 59.9 Å². The van der Waals surface area contributed by atoms with E-state index in [0.717, 1.165) is 12.1 Å². The Kier molecular flexibility index (Phi) is 4.90. The van der Waals surface area contributed by atoms with E-state index in [0.29, 0.717) is 11.0 Å². The van der Waals surface area contributed by atoms with E-state index in [9.17, 15) is 18.4 Å². The van der Waals surface area contributed by atoms with Gasteiger partial charge in [-0.15, -0.1) is 11.6 Å². The molecule has 0 unspecified atom stereocenters. The van der Waals surface area contributed by atoms with E-state index in [1.54, 1.807) is 24.3 Å². The molecular weight excluding hydrogens is 366 g/mol. The molecular formula is C18H13ClF2N2O3. The zero-order valence-corrected chi connectivity index (χ0v) is 14.2. The summed E-state index contributed by atoms with van der Waals surface area (Å²) in [5.41, 5.74) is 0.566. The van der Waals surface area contributed by atoms with Gasteiger partial charge in [-0.25, -0.2) is 8.78 Å². The number of hydrogen-bond acceptors (Lipinski definition) is 3. The van der Waals surface area contributed by atoms with Crippen molar-refractivity contribution < 1.29 is 22.8 Å². The molecule has 0 bridgehead atoms. The average molecular weight is 379 g/mol. The highest BCUT2D eigenvalue weighted by Crippen LogP contribution is 2.32. The molecule has 0 saturated heterocycles. The van der Waals surface area contributed by atoms with Gasteiger partial charge in [-0.3, -0.25) is 9.59 Å². The van der Waals surface area contributed by atoms with E-state index in [-0.39, 0.29) is 17.1 Å². The number of nitrogens with one attached hydrogen (secondary N) is 2. The van der Waals surface area contributed by atoms with Crippen molar-refractivity contribution in [1.82, 2.24) is 0 Å². The SMILES string of the molecule is C[C@@H](Cl)C(=O)Nc1c(C(=O)Nc2ccc(F)c(F)c2)oc2ccccc12. The Bertz CT molecular complexity index is 1000. The molecule has 3 aromatic rings. The summed E-state index contributed by atoms with van der Waals surface area (Å²) in [5.74, 6) is -3.56. The first kappa shape index (κ1) is 17.9. The molecule has 134 valence electrons. The number of para-hydroxylation sites is 1. The smallest absolute Gasteiger partial charge is 0.293 e. The normalized spacial score (nSPS) is 12.0. The van der Waals surface area contributed by atoms with Crippen molar-refractivity contribution in [1.29, 1.82) is 0 Å². The number of carbonyl (C=O) groups excluding carboxylic acids is 2. The molecule has 0 fully saturated rings. The Balaban J connectivity index is 1.98. The average Bonchev–Trinajstić information content (AvgIpc) is 2.97. The van der Waals surface area contributed by atoms with Crippen LogP contribution >= 0.6 is 11.6 Å². The number of hydrogen-bond donors (Lipinski definition) is 2. The predicted octanol–water partition coefficient (Wildman–Crippen LogP) is 4.53. The summed E-state index contributed by atoms with van der Waals surface area (Å²) < 4.78 is 31.9. The fourth-order valence-corrected chi connectivity index (χ4v) is 2.37. The number of amides is 2. The first-order valence-corrected chi connectivity index (χ1v) is 8.03. The highest BCUT2D eigenvalue weighted by atomic mass is 35.5. The van der Waals surface area contributed by atoms with Crippen LogP contribution in [0.15, 0.2) is 46.9 Å². The lowest BCUT2D eigenvalue weighted by Crippen LogP contribution is -2.22. The second-order valence-corrected chi connectivity index (χ2v) is 6.15. The Morgan fingerprint density at radius 1 is 1.08 bits per heavy atom. The molecule has 26 heavy (non-hydrogen) atoms. The maximum Gasteiger partial charge on any atom is 0.293 e. The predicted molar refractivity (Wildman–Crippen MR) is 94.5 cm³/mol. The summed E-state index contributed by atoms with van der Waals surface area (Å²) in [4.78, 5) is 24.5. The van der Waals surface area contributed by atoms with Gasteiger partial charge in [0, 0.05) is 17.1 Å². The Morgan fingerprint density at radius 2 is 1.81 bits per heavy atom. The van der Waals surface area contributed by atoms with Gasteiger partial charge in [0.25, 0.3) is 5.91 Å². The molecule has 0 aliphatic carbocycles. The van der Waals surface area contributed by atoms with Crippen LogP contribution in [0.5, 0.6) is 0 Å². The number of benzene rings is 2. The van der Waals surface area contributed by atoms with Gasteiger partial charge >= 0.3 is 0 Å². The number of rotatable bonds is 4. The van der Waals surface area contributed by atoms with Crippen LogP contribution in [0.1, 0.15) is 17.5 Å². The number of fused-ring (bicyclic) bond motifs is 1. The van der Waals surface area contributed by atoms with Gasteiger partial charge in [0.2, 0.25) is 11.7 Å². The third kappa shape index (κ3) is 3.52. The van der Waals surface area contributed by atoms with Crippen LogP contribution in [0, 0.1) is 11.6 Å². The summed E-state index contributed by atoms with van der Waals surface area (Å²) in [5, 5.41) is 4.65. The first-order valence-electron chi connectivity index (χ1n) is 7.59. The van der Waals surface area contributed by atoms with E-state index >= 15 is 0 Å². The zero-order valence-electron chi connectivity index (χ0n) is 13.5. The monoisotopic (exact) mass is 378 g/mol. The van der Waals surface area contributed by atoms with Crippen LogP contribution in [-0.2, 0) is 4.79 Å². The molecule has 2 amide bonds. The molecule has 1 atom stereocenters. The largest absolute Gasteiger partial charge is 0.449 e. The maximum atomic E-state index is 13.3. The minimum atomic E-state index is -1.10. The van der Waals surface area contributed by atoms with Crippen LogP contribution in [0.3, 0.4) is 0 Å². The van der Waals surface area contributed by atoms with E-state index in [2.05, 4.69) is 10.6 Å². The topological polar surface area (TPSA) is 71.3 Å². The molecule has 0 aliphatic rings. The Hall–Kier alpha value is -2.93. The molecule has 1 heterocycles. The van der Waals surface area contributed by atoms with Gasteiger partial charge in [-0.2, -0.15) is 0 Å². The lowest BCUT2D eigenvalue weighted by molar-refractivity contribution is -0.115. The lowest BCUT2D eigenvalue weighted by Gasteiger charge is -2.08. The van der Waals surface area contributed by atoms with E-state index < -0.39 is 28.8 Å². The molecule has 0 radical (unpaired) electrons. The Morgan fingerprint density at radius 3 is 2.50 bits per heavy atom. The summed E-state index contributed by atoms with van der Waals surface area (Å²) in [6.07, 6.45) is 0. The zero-order chi connectivity index (χ0) is 18.8. The molecule has 3 rings (SSSR count). The third-order valence-corrected chi connectivity index (χ3v) is 3.79. The van der Waals surface area contributed by atoms with E-state index in [1.807, 2.05) is 0 Å². The van der Waals surface area contributed by atoms with Crippen molar-refractivity contribution in [2.24, 2.45) is 0 Å². The number of halogens is 3. The molecule has 5 nitrogen and oxygen atoms in total. The number of carbonyl (C=O) groups is 2. The lowest BCUT2D eigenvalue weighted by atomic mass is 10.2.